The van der Waals surface area contributed by atoms with Gasteiger partial charge in [0, 0.05) is 114 Å². The molecule has 3 aliphatic heterocycles. The van der Waals surface area contributed by atoms with Gasteiger partial charge in [-0.2, -0.15) is 0 Å². The SMILES string of the molecule is C=C1CCC(N2Cc3cc(NCCOCCOCCN4CCN(CCCc5ccc(-c6ccc7c(c6)[nH]c6ccncc67)cn5)CC4)ccc3C2=O)C(=O)N1. The summed E-state index contributed by atoms with van der Waals surface area (Å²) in [4.78, 5) is 44.7. The number of pyridine rings is 2. The smallest absolute Gasteiger partial charge is 0.255 e. The number of nitrogens with one attached hydrogen (secondary N) is 3. The minimum Gasteiger partial charge on any atom is -0.383 e. The first-order chi connectivity index (χ1) is 27.0. The number of rotatable bonds is 16. The van der Waals surface area contributed by atoms with Crippen LogP contribution in [0.25, 0.3) is 32.9 Å². The fourth-order valence-electron chi connectivity index (χ4n) is 7.94. The number of fused-ring (bicyclic) bond motifs is 4. The van der Waals surface area contributed by atoms with Gasteiger partial charge in [-0.1, -0.05) is 24.8 Å². The lowest BCUT2D eigenvalue weighted by molar-refractivity contribution is -0.126. The van der Waals surface area contributed by atoms with Crippen molar-refractivity contribution in [3.8, 4) is 11.1 Å². The van der Waals surface area contributed by atoms with Gasteiger partial charge in [0.15, 0.2) is 0 Å². The van der Waals surface area contributed by atoms with Gasteiger partial charge in [0.1, 0.15) is 6.04 Å². The first-order valence-electron chi connectivity index (χ1n) is 19.6. The maximum atomic E-state index is 13.0. The summed E-state index contributed by atoms with van der Waals surface area (Å²) in [6.45, 7) is 13.7. The molecule has 55 heavy (non-hydrogen) atoms. The van der Waals surface area contributed by atoms with Gasteiger partial charge in [0.2, 0.25) is 5.91 Å². The molecular formula is C43H50N8O4. The molecule has 3 aliphatic rings. The molecule has 2 fully saturated rings. The van der Waals surface area contributed by atoms with Gasteiger partial charge in [0.05, 0.1) is 26.4 Å². The largest absolute Gasteiger partial charge is 0.383 e. The molecule has 6 heterocycles. The number of allylic oxidation sites excluding steroid dienone is 1. The number of nitrogens with zero attached hydrogens (tertiary/aromatic N) is 5. The molecule has 0 spiro atoms. The Kier molecular flexibility index (Phi) is 11.5. The van der Waals surface area contributed by atoms with E-state index in [9.17, 15) is 9.59 Å². The van der Waals surface area contributed by atoms with Crippen molar-refractivity contribution in [2.24, 2.45) is 0 Å². The fraction of sp³-hybridized carbons (Fsp3) is 0.395. The maximum absolute atomic E-state index is 13.0. The highest BCUT2D eigenvalue weighted by atomic mass is 16.5. The summed E-state index contributed by atoms with van der Waals surface area (Å²) < 4.78 is 11.6. The number of aromatic amines is 1. The van der Waals surface area contributed by atoms with Crippen LogP contribution in [0.15, 0.2) is 85.5 Å². The third-order valence-electron chi connectivity index (χ3n) is 11.1. The van der Waals surface area contributed by atoms with Crippen LogP contribution in [-0.4, -0.2) is 120 Å². The second-order valence-electron chi connectivity index (χ2n) is 14.7. The Hall–Kier alpha value is -5.14. The lowest BCUT2D eigenvalue weighted by Gasteiger charge is -2.34. The number of benzene rings is 2. The molecule has 2 aromatic carbocycles. The molecule has 2 saturated heterocycles. The van der Waals surface area contributed by atoms with Crippen molar-refractivity contribution in [2.75, 3.05) is 77.6 Å². The number of ether oxygens (including phenoxy) is 2. The standard InChI is InChI=1S/C43H50N8O4/c1-30-4-11-41(42(52)47-30)51-29-33-25-35(8-10-36(33)43(51)53)45-14-21-54-23-24-55-22-20-50-18-16-49(17-19-50)15-2-3-34-7-5-32(27-46-34)31-6-9-37-38-28-44-13-12-39(38)48-40(37)26-31/h5-10,12-13,25-28,41,45,48H,1-4,11,14-24,29H2,(H,47,52). The van der Waals surface area contributed by atoms with E-state index < -0.39 is 6.04 Å². The Morgan fingerprint density at radius 3 is 2.47 bits per heavy atom. The van der Waals surface area contributed by atoms with Gasteiger partial charge in [-0.25, -0.2) is 0 Å². The zero-order valence-electron chi connectivity index (χ0n) is 31.4. The normalized spacial score (nSPS) is 18.0. The highest BCUT2D eigenvalue weighted by Crippen LogP contribution is 2.31. The van der Waals surface area contributed by atoms with Crippen LogP contribution in [0.4, 0.5) is 5.69 Å². The average molecular weight is 743 g/mol. The number of carbonyl (C=O) groups is 2. The minimum atomic E-state index is -0.447. The summed E-state index contributed by atoms with van der Waals surface area (Å²) in [7, 11) is 0. The Balaban J connectivity index is 0.655. The molecule has 3 N–H and O–H groups in total. The van der Waals surface area contributed by atoms with Crippen molar-refractivity contribution in [3.05, 3.63) is 102 Å². The summed E-state index contributed by atoms with van der Waals surface area (Å²) in [5.41, 5.74) is 8.91. The van der Waals surface area contributed by atoms with Crippen LogP contribution in [0.2, 0.25) is 0 Å². The van der Waals surface area contributed by atoms with Crippen LogP contribution in [-0.2, 0) is 27.2 Å². The lowest BCUT2D eigenvalue weighted by atomic mass is 10.0. The summed E-state index contributed by atoms with van der Waals surface area (Å²) in [5, 5.41) is 8.51. The van der Waals surface area contributed by atoms with Crippen LogP contribution >= 0.6 is 0 Å². The molecule has 0 aliphatic carbocycles. The summed E-state index contributed by atoms with van der Waals surface area (Å²) in [6, 6.07) is 18.2. The lowest BCUT2D eigenvalue weighted by Crippen LogP contribution is -2.49. The van der Waals surface area contributed by atoms with Gasteiger partial charge in [0.25, 0.3) is 5.91 Å². The number of amides is 2. The van der Waals surface area contributed by atoms with E-state index in [0.29, 0.717) is 63.6 Å². The number of aryl methyl sites for hydroxylation is 1. The second kappa shape index (κ2) is 17.1. The number of piperazine rings is 1. The van der Waals surface area contributed by atoms with E-state index in [4.69, 9.17) is 14.5 Å². The molecule has 12 nitrogen and oxygen atoms in total. The van der Waals surface area contributed by atoms with E-state index in [-0.39, 0.29) is 11.8 Å². The number of carbonyl (C=O) groups excluding carboxylic acids is 2. The number of hydrogen-bond donors (Lipinski definition) is 3. The van der Waals surface area contributed by atoms with E-state index in [1.54, 1.807) is 4.90 Å². The van der Waals surface area contributed by atoms with Gasteiger partial charge in [-0.15, -0.1) is 0 Å². The number of piperidine rings is 1. The molecule has 0 bridgehead atoms. The van der Waals surface area contributed by atoms with Crippen LogP contribution in [0, 0.1) is 0 Å². The van der Waals surface area contributed by atoms with Crippen molar-refractivity contribution in [2.45, 2.75) is 38.3 Å². The Bertz CT molecular complexity index is 2140. The highest BCUT2D eigenvalue weighted by molar-refractivity contribution is 6.07. The summed E-state index contributed by atoms with van der Waals surface area (Å²) >= 11 is 0. The van der Waals surface area contributed by atoms with Gasteiger partial charge in [-0.05, 0) is 79.8 Å². The van der Waals surface area contributed by atoms with Crippen LogP contribution in [0.1, 0.15) is 40.9 Å². The number of hydrogen-bond acceptors (Lipinski definition) is 9. The Labute approximate surface area is 321 Å². The Morgan fingerprint density at radius 1 is 0.836 bits per heavy atom. The van der Waals surface area contributed by atoms with Crippen molar-refractivity contribution in [3.63, 3.8) is 0 Å². The monoisotopic (exact) mass is 742 g/mol. The van der Waals surface area contributed by atoms with E-state index in [1.807, 2.05) is 42.9 Å². The molecule has 0 saturated carbocycles. The van der Waals surface area contributed by atoms with E-state index in [2.05, 4.69) is 67.3 Å². The number of H-pyrrole nitrogens is 1. The van der Waals surface area contributed by atoms with Crippen LogP contribution < -0.4 is 10.6 Å². The zero-order chi connectivity index (χ0) is 37.6. The van der Waals surface area contributed by atoms with E-state index in [1.165, 1.54) is 5.39 Å². The summed E-state index contributed by atoms with van der Waals surface area (Å²) in [5.74, 6) is -0.234. The van der Waals surface area contributed by atoms with Gasteiger partial charge >= 0.3 is 0 Å². The first-order valence-corrected chi connectivity index (χ1v) is 19.6. The minimum absolute atomic E-state index is 0.0853. The molecule has 3 aromatic heterocycles. The third-order valence-corrected chi connectivity index (χ3v) is 11.1. The van der Waals surface area contributed by atoms with Crippen molar-refractivity contribution in [1.82, 2.24) is 35.0 Å². The van der Waals surface area contributed by atoms with Gasteiger partial charge < -0.3 is 34.9 Å². The Morgan fingerprint density at radius 2 is 1.65 bits per heavy atom. The van der Waals surface area contributed by atoms with Crippen molar-refractivity contribution < 1.29 is 19.1 Å². The molecule has 2 amide bonds. The second-order valence-corrected chi connectivity index (χ2v) is 14.7. The molecule has 1 unspecified atom stereocenters. The molecule has 12 heteroatoms. The van der Waals surface area contributed by atoms with Crippen molar-refractivity contribution in [1.29, 1.82) is 0 Å². The molecule has 1 atom stereocenters. The molecule has 5 aromatic rings. The van der Waals surface area contributed by atoms with E-state index in [0.717, 1.165) is 96.6 Å². The third kappa shape index (κ3) is 8.73. The molecular weight excluding hydrogens is 693 g/mol. The summed E-state index contributed by atoms with van der Waals surface area (Å²) in [6.07, 6.45) is 9.12. The predicted molar refractivity (Wildman–Crippen MR) is 215 cm³/mol. The predicted octanol–water partition coefficient (Wildman–Crippen LogP) is 5.22. The zero-order valence-corrected chi connectivity index (χ0v) is 31.4. The maximum Gasteiger partial charge on any atom is 0.255 e. The topological polar surface area (TPSA) is 128 Å². The van der Waals surface area contributed by atoms with Crippen LogP contribution in [0.5, 0.6) is 0 Å². The van der Waals surface area contributed by atoms with Crippen LogP contribution in [0.3, 0.4) is 0 Å². The molecule has 0 radical (unpaired) electrons. The number of anilines is 1. The van der Waals surface area contributed by atoms with Gasteiger partial charge in [-0.3, -0.25) is 24.5 Å². The first kappa shape index (κ1) is 36.8. The number of aromatic nitrogens is 3. The molecule has 8 rings (SSSR count). The quantitative estimate of drug-likeness (QED) is 0.117. The van der Waals surface area contributed by atoms with Crippen molar-refractivity contribution >= 4 is 39.3 Å². The average Bonchev–Trinajstić information content (AvgIpc) is 3.74. The fourth-order valence-corrected chi connectivity index (χ4v) is 7.94. The van der Waals surface area contributed by atoms with E-state index >= 15 is 0 Å². The highest BCUT2D eigenvalue weighted by Gasteiger charge is 2.38. The molecule has 286 valence electrons.